The van der Waals surface area contributed by atoms with Gasteiger partial charge < -0.3 is 10.3 Å². The molecule has 0 aliphatic heterocycles. The molecule has 1 aromatic carbocycles. The monoisotopic (exact) mass is 393 g/mol. The Balaban J connectivity index is 1.75. The van der Waals surface area contributed by atoms with Crippen LogP contribution in [0.4, 0.5) is 0 Å². The van der Waals surface area contributed by atoms with Gasteiger partial charge in [0, 0.05) is 36.7 Å². The Morgan fingerprint density at radius 2 is 1.76 bits per heavy atom. The number of nitrogens with two attached hydrogens (primary N) is 1. The van der Waals surface area contributed by atoms with Crippen LogP contribution in [0.3, 0.4) is 0 Å². The lowest BCUT2D eigenvalue weighted by Crippen LogP contribution is -2.45. The van der Waals surface area contributed by atoms with Gasteiger partial charge in [0.15, 0.2) is 0 Å². The van der Waals surface area contributed by atoms with Crippen molar-refractivity contribution in [2.75, 3.05) is 0 Å². The first-order chi connectivity index (χ1) is 13.8. The van der Waals surface area contributed by atoms with E-state index in [0.717, 1.165) is 16.8 Å². The van der Waals surface area contributed by atoms with Gasteiger partial charge in [-0.1, -0.05) is 19.1 Å². The molecule has 7 nitrogen and oxygen atoms in total. The molecule has 1 unspecified atom stereocenters. The van der Waals surface area contributed by atoms with E-state index in [-0.39, 0.29) is 17.3 Å². The van der Waals surface area contributed by atoms with E-state index in [1.54, 1.807) is 29.2 Å². The van der Waals surface area contributed by atoms with Crippen LogP contribution in [0.2, 0.25) is 0 Å². The molecule has 3 aromatic rings. The molecule has 0 spiro atoms. The number of hydrogen-bond donors (Lipinski definition) is 1. The van der Waals surface area contributed by atoms with Crippen molar-refractivity contribution in [2.45, 2.75) is 45.7 Å². The first-order valence-electron chi connectivity index (χ1n) is 9.79. The van der Waals surface area contributed by atoms with Crippen molar-refractivity contribution >= 4 is 5.78 Å². The van der Waals surface area contributed by atoms with Crippen molar-refractivity contribution in [3.05, 3.63) is 65.3 Å². The second-order valence-corrected chi connectivity index (χ2v) is 7.79. The molecule has 7 heteroatoms. The summed E-state index contributed by atoms with van der Waals surface area (Å²) in [5, 5.41) is 8.21. The maximum atomic E-state index is 12.6. The van der Waals surface area contributed by atoms with E-state index in [0.29, 0.717) is 19.4 Å². The highest BCUT2D eigenvalue weighted by molar-refractivity contribution is 5.81. The summed E-state index contributed by atoms with van der Waals surface area (Å²) >= 11 is 0. The maximum Gasteiger partial charge on any atom is 0.251 e. The average molecular weight is 393 g/mol. The van der Waals surface area contributed by atoms with Crippen molar-refractivity contribution in [1.29, 1.82) is 0 Å². The number of Topliss-reactive ketones (excluding diaryl/α,β-unsaturated/α-hetero) is 1. The highest BCUT2D eigenvalue weighted by Gasteiger charge is 2.30. The van der Waals surface area contributed by atoms with Crippen LogP contribution >= 0.6 is 0 Å². The number of ketones is 1. The number of pyridine rings is 1. The molecule has 2 aromatic heterocycles. The summed E-state index contributed by atoms with van der Waals surface area (Å²) in [6.07, 6.45) is 6.01. The molecule has 0 bridgehead atoms. The topological polar surface area (TPSA) is 95.8 Å². The predicted molar refractivity (Wildman–Crippen MR) is 113 cm³/mol. The Morgan fingerprint density at radius 3 is 2.31 bits per heavy atom. The second kappa shape index (κ2) is 8.53. The molecule has 152 valence electrons. The van der Waals surface area contributed by atoms with E-state index in [1.165, 1.54) is 4.80 Å². The molecule has 0 fully saturated rings. The van der Waals surface area contributed by atoms with E-state index >= 15 is 0 Å². The van der Waals surface area contributed by atoms with Gasteiger partial charge in [0.1, 0.15) is 5.78 Å². The Labute approximate surface area is 170 Å². The highest BCUT2D eigenvalue weighted by atomic mass is 16.1. The number of carbonyl (C=O) groups is 1. The minimum Gasteiger partial charge on any atom is -0.325 e. The number of hydrogen-bond acceptors (Lipinski definition) is 5. The van der Waals surface area contributed by atoms with E-state index in [4.69, 9.17) is 5.73 Å². The number of rotatable bonds is 8. The van der Waals surface area contributed by atoms with E-state index in [9.17, 15) is 9.59 Å². The third kappa shape index (κ3) is 4.86. The minimum absolute atomic E-state index is 0.0992. The minimum atomic E-state index is -0.609. The number of aryl methyl sites for hydroxylation is 1. The Bertz CT molecular complexity index is 1010. The lowest BCUT2D eigenvalue weighted by Gasteiger charge is -2.29. The number of benzene rings is 1. The average Bonchev–Trinajstić information content (AvgIpc) is 3.23. The van der Waals surface area contributed by atoms with Crippen molar-refractivity contribution in [2.24, 2.45) is 11.7 Å². The third-order valence-electron chi connectivity index (χ3n) is 5.14. The second-order valence-electron chi connectivity index (χ2n) is 7.79. The summed E-state index contributed by atoms with van der Waals surface area (Å²) in [5.41, 5.74) is 8.11. The molecule has 0 aliphatic rings. The lowest BCUT2D eigenvalue weighted by atomic mass is 9.81. The Morgan fingerprint density at radius 1 is 1.10 bits per heavy atom. The van der Waals surface area contributed by atoms with Crippen LogP contribution in [0.15, 0.2) is 59.8 Å². The first kappa shape index (κ1) is 20.7. The van der Waals surface area contributed by atoms with Crippen molar-refractivity contribution in [3.63, 3.8) is 0 Å². The molecule has 2 heterocycles. The lowest BCUT2D eigenvalue weighted by molar-refractivity contribution is -0.124. The van der Waals surface area contributed by atoms with Crippen LogP contribution in [0, 0.1) is 5.92 Å². The highest BCUT2D eigenvalue weighted by Crippen LogP contribution is 2.22. The van der Waals surface area contributed by atoms with Crippen molar-refractivity contribution in [1.82, 2.24) is 19.6 Å². The first-order valence-corrected chi connectivity index (χ1v) is 9.79. The molecular formula is C22H27N5O2. The fourth-order valence-corrected chi connectivity index (χ4v) is 3.47. The molecule has 2 N–H and O–H groups in total. The summed E-state index contributed by atoms with van der Waals surface area (Å²) in [6.45, 7) is 6.02. The van der Waals surface area contributed by atoms with Gasteiger partial charge in [0.05, 0.1) is 18.1 Å². The quantitative estimate of drug-likeness (QED) is 0.635. The largest absolute Gasteiger partial charge is 0.325 e. The molecule has 3 rings (SSSR count). The zero-order chi connectivity index (χ0) is 21.0. The summed E-state index contributed by atoms with van der Waals surface area (Å²) in [6, 6.07) is 11.2. The van der Waals surface area contributed by atoms with Crippen molar-refractivity contribution in [3.8, 4) is 16.8 Å². The SMILES string of the molecule is CCC(=O)C(CCn1ccc(-c2ccc(-n3nccn3)cc2)cc1=O)C(C)(C)N. The number of carbonyl (C=O) groups excluding carboxylic acids is 1. The fourth-order valence-electron chi connectivity index (χ4n) is 3.47. The van der Waals surface area contributed by atoms with E-state index in [2.05, 4.69) is 10.2 Å². The third-order valence-corrected chi connectivity index (χ3v) is 5.14. The molecule has 0 amide bonds. The summed E-state index contributed by atoms with van der Waals surface area (Å²) in [4.78, 5) is 26.4. The predicted octanol–water partition coefficient (Wildman–Crippen LogP) is 2.82. The zero-order valence-corrected chi connectivity index (χ0v) is 17.1. The smallest absolute Gasteiger partial charge is 0.251 e. The Hall–Kier alpha value is -3.06. The van der Waals surface area contributed by atoms with Gasteiger partial charge in [-0.05, 0) is 49.6 Å². The van der Waals surface area contributed by atoms with Crippen molar-refractivity contribution < 1.29 is 4.79 Å². The van der Waals surface area contributed by atoms with Crippen LogP contribution in [-0.4, -0.2) is 30.9 Å². The van der Waals surface area contributed by atoms with Crippen LogP contribution in [0.5, 0.6) is 0 Å². The summed E-state index contributed by atoms with van der Waals surface area (Å²) in [7, 11) is 0. The van der Waals surface area contributed by atoms with Gasteiger partial charge >= 0.3 is 0 Å². The van der Waals surface area contributed by atoms with E-state index in [1.807, 2.05) is 51.1 Å². The molecule has 0 saturated carbocycles. The molecule has 0 saturated heterocycles. The van der Waals surface area contributed by atoms with Gasteiger partial charge in [-0.15, -0.1) is 0 Å². The summed E-state index contributed by atoms with van der Waals surface area (Å²) < 4.78 is 1.63. The zero-order valence-electron chi connectivity index (χ0n) is 17.1. The molecule has 29 heavy (non-hydrogen) atoms. The molecule has 0 radical (unpaired) electrons. The van der Waals surface area contributed by atoms with Gasteiger partial charge in [0.2, 0.25) is 0 Å². The number of nitrogens with zero attached hydrogens (tertiary/aromatic N) is 4. The van der Waals surface area contributed by atoms with Gasteiger partial charge in [-0.25, -0.2) is 0 Å². The number of aromatic nitrogens is 4. The Kier molecular flexibility index (Phi) is 6.08. The molecule has 1 atom stereocenters. The van der Waals surface area contributed by atoms with Crippen LogP contribution in [0.1, 0.15) is 33.6 Å². The van der Waals surface area contributed by atoms with Crippen LogP contribution in [0.25, 0.3) is 16.8 Å². The van der Waals surface area contributed by atoms with E-state index < -0.39 is 5.54 Å². The van der Waals surface area contributed by atoms with Gasteiger partial charge in [-0.3, -0.25) is 9.59 Å². The standard InChI is InChI=1S/C22H27N5O2/c1-4-20(28)19(22(2,3)23)10-14-26-13-9-17(15-21(26)29)16-5-7-18(8-6-16)27-24-11-12-25-27/h5-9,11-13,15,19H,4,10,14,23H2,1-3H3. The molecule has 0 aliphatic carbocycles. The van der Waals surface area contributed by atoms with Crippen LogP contribution in [-0.2, 0) is 11.3 Å². The fraction of sp³-hybridized carbons (Fsp3) is 0.364. The summed E-state index contributed by atoms with van der Waals surface area (Å²) in [5.74, 6) is -0.142. The van der Waals surface area contributed by atoms with Crippen LogP contribution < -0.4 is 11.3 Å². The van der Waals surface area contributed by atoms with Gasteiger partial charge in [0.25, 0.3) is 5.56 Å². The maximum absolute atomic E-state index is 12.6. The van der Waals surface area contributed by atoms with Gasteiger partial charge in [-0.2, -0.15) is 15.0 Å². The normalized spacial score (nSPS) is 12.7. The molecular weight excluding hydrogens is 366 g/mol.